The lowest BCUT2D eigenvalue weighted by molar-refractivity contribution is -0.118. The Morgan fingerprint density at radius 1 is 1.34 bits per heavy atom. The highest BCUT2D eigenvalue weighted by atomic mass is 79.9. The third kappa shape index (κ3) is 3.30. The van der Waals surface area contributed by atoms with Crippen molar-refractivity contribution in [3.63, 3.8) is 0 Å². The van der Waals surface area contributed by atoms with Crippen molar-refractivity contribution >= 4 is 38.7 Å². The van der Waals surface area contributed by atoms with E-state index in [-0.39, 0.29) is 28.3 Å². The van der Waals surface area contributed by atoms with E-state index in [2.05, 4.69) is 22.0 Å². The van der Waals surface area contributed by atoms with Crippen LogP contribution in [0.15, 0.2) is 62.2 Å². The van der Waals surface area contributed by atoms with E-state index in [0.717, 1.165) is 5.56 Å². The molecular formula is C22H19BrFN3OS. The molecule has 0 unspecified atom stereocenters. The Hall–Kier alpha value is -2.43. The molecule has 1 atom stereocenters. The second-order valence-electron chi connectivity index (χ2n) is 8.13. The van der Waals surface area contributed by atoms with E-state index >= 15 is 0 Å². The summed E-state index contributed by atoms with van der Waals surface area (Å²) in [5.41, 5.74) is 8.80. The predicted molar refractivity (Wildman–Crippen MR) is 116 cm³/mol. The van der Waals surface area contributed by atoms with Crippen LogP contribution in [0.2, 0.25) is 0 Å². The number of ketones is 1. The number of thiophene rings is 1. The van der Waals surface area contributed by atoms with Gasteiger partial charge in [-0.25, -0.2) is 4.39 Å². The number of hydrogen-bond donors (Lipinski definition) is 1. The van der Waals surface area contributed by atoms with E-state index in [4.69, 9.17) is 5.73 Å². The zero-order valence-corrected chi connectivity index (χ0v) is 18.4. The van der Waals surface area contributed by atoms with Crippen molar-refractivity contribution in [1.82, 2.24) is 0 Å². The van der Waals surface area contributed by atoms with E-state index in [0.29, 0.717) is 28.6 Å². The van der Waals surface area contributed by atoms with Crippen LogP contribution in [-0.4, -0.2) is 5.78 Å². The number of carbonyl (C=O) groups excluding carboxylic acids is 1. The molecule has 7 heteroatoms. The molecule has 2 aliphatic rings. The summed E-state index contributed by atoms with van der Waals surface area (Å²) in [6.07, 6.45) is 0.936. The van der Waals surface area contributed by atoms with E-state index < -0.39 is 11.7 Å². The number of Topliss-reactive ketones (excluding diaryl/α,β-unsaturated/α-hetero) is 1. The molecule has 0 fully saturated rings. The molecule has 1 aliphatic heterocycles. The van der Waals surface area contributed by atoms with Crippen LogP contribution < -0.4 is 10.6 Å². The lowest BCUT2D eigenvalue weighted by Crippen LogP contribution is -2.42. The van der Waals surface area contributed by atoms with Crippen LogP contribution in [0.5, 0.6) is 0 Å². The van der Waals surface area contributed by atoms with Crippen LogP contribution >= 0.6 is 27.3 Å². The van der Waals surface area contributed by atoms with Gasteiger partial charge in [-0.15, -0.1) is 0 Å². The van der Waals surface area contributed by atoms with Crippen molar-refractivity contribution in [3.8, 4) is 6.07 Å². The Labute approximate surface area is 181 Å². The third-order valence-corrected chi connectivity index (χ3v) is 6.60. The molecule has 2 aromatic rings. The van der Waals surface area contributed by atoms with Gasteiger partial charge < -0.3 is 5.73 Å². The Morgan fingerprint density at radius 3 is 2.72 bits per heavy atom. The molecule has 2 N–H and O–H groups in total. The minimum atomic E-state index is -0.514. The molecule has 1 aromatic heterocycles. The topological polar surface area (TPSA) is 70.1 Å². The Morgan fingerprint density at radius 2 is 2.10 bits per heavy atom. The largest absolute Gasteiger partial charge is 0.384 e. The monoisotopic (exact) mass is 471 g/mol. The van der Waals surface area contributed by atoms with Crippen molar-refractivity contribution in [2.24, 2.45) is 11.1 Å². The summed E-state index contributed by atoms with van der Waals surface area (Å²) >= 11 is 4.78. The normalized spacial score (nSPS) is 21.3. The summed E-state index contributed by atoms with van der Waals surface area (Å²) in [6.45, 7) is 4.04. The van der Waals surface area contributed by atoms with Gasteiger partial charge in [-0.05, 0) is 52.4 Å². The summed E-state index contributed by atoms with van der Waals surface area (Å²) in [5, 5.41) is 13.8. The summed E-state index contributed by atoms with van der Waals surface area (Å²) < 4.78 is 15.5. The molecule has 148 valence electrons. The lowest BCUT2D eigenvalue weighted by atomic mass is 9.69. The van der Waals surface area contributed by atoms with Gasteiger partial charge in [0.25, 0.3) is 0 Å². The van der Waals surface area contributed by atoms with Gasteiger partial charge in [-0.1, -0.05) is 29.8 Å². The molecule has 0 saturated carbocycles. The van der Waals surface area contributed by atoms with E-state index in [1.807, 2.05) is 30.7 Å². The average Bonchev–Trinajstić information content (AvgIpc) is 3.15. The highest BCUT2D eigenvalue weighted by Crippen LogP contribution is 2.50. The summed E-state index contributed by atoms with van der Waals surface area (Å²) in [5.74, 6) is -0.833. The molecule has 0 saturated heterocycles. The fraction of sp³-hybridized carbons (Fsp3) is 0.273. The van der Waals surface area contributed by atoms with Crippen LogP contribution in [0.1, 0.15) is 38.2 Å². The fourth-order valence-electron chi connectivity index (χ4n) is 4.22. The van der Waals surface area contributed by atoms with Gasteiger partial charge in [0.05, 0.1) is 23.2 Å². The third-order valence-electron chi connectivity index (χ3n) is 5.41. The highest BCUT2D eigenvalue weighted by Gasteiger charge is 2.45. The Balaban J connectivity index is 2.02. The molecule has 2 heterocycles. The minimum Gasteiger partial charge on any atom is -0.384 e. The molecule has 4 nitrogen and oxygen atoms in total. The number of rotatable bonds is 2. The molecule has 0 bridgehead atoms. The molecule has 0 radical (unpaired) electrons. The van der Waals surface area contributed by atoms with Gasteiger partial charge in [-0.3, -0.25) is 9.69 Å². The van der Waals surface area contributed by atoms with Crippen LogP contribution in [0.25, 0.3) is 0 Å². The van der Waals surface area contributed by atoms with Gasteiger partial charge in [0.2, 0.25) is 0 Å². The van der Waals surface area contributed by atoms with Gasteiger partial charge in [0, 0.05) is 22.2 Å². The maximum atomic E-state index is 14.9. The minimum absolute atomic E-state index is 0.0183. The van der Waals surface area contributed by atoms with E-state index in [1.165, 1.54) is 17.4 Å². The Kier molecular flexibility index (Phi) is 4.88. The maximum Gasteiger partial charge on any atom is 0.162 e. The van der Waals surface area contributed by atoms with Crippen molar-refractivity contribution in [3.05, 3.63) is 73.5 Å². The fourth-order valence-corrected chi connectivity index (χ4v) is 5.24. The van der Waals surface area contributed by atoms with Crippen LogP contribution in [0.3, 0.4) is 0 Å². The van der Waals surface area contributed by atoms with Crippen molar-refractivity contribution in [2.75, 3.05) is 4.90 Å². The smallest absolute Gasteiger partial charge is 0.162 e. The number of hydrogen-bond acceptors (Lipinski definition) is 5. The number of nitrogens with zero attached hydrogens (tertiary/aromatic N) is 2. The number of nitrogens with two attached hydrogens (primary N) is 1. The van der Waals surface area contributed by atoms with Crippen LogP contribution in [-0.2, 0) is 4.79 Å². The first kappa shape index (κ1) is 19.9. The number of benzene rings is 1. The molecule has 0 spiro atoms. The van der Waals surface area contributed by atoms with Crippen LogP contribution in [0, 0.1) is 22.6 Å². The number of halogens is 2. The molecule has 1 aromatic carbocycles. The average molecular weight is 472 g/mol. The molecule has 0 amide bonds. The maximum absolute atomic E-state index is 14.9. The molecule has 4 rings (SSSR count). The van der Waals surface area contributed by atoms with Gasteiger partial charge in [-0.2, -0.15) is 16.6 Å². The summed E-state index contributed by atoms with van der Waals surface area (Å²) in [7, 11) is 0. The summed E-state index contributed by atoms with van der Waals surface area (Å²) in [4.78, 5) is 14.8. The predicted octanol–water partition coefficient (Wildman–Crippen LogP) is 5.59. The highest BCUT2D eigenvalue weighted by molar-refractivity contribution is 9.10. The SMILES string of the molecule is CC1(C)CC(=O)C2=C(C1)N(c1ccc(Br)cc1F)C(N)=C(C#N)[C@@H]2c1ccsc1. The molecule has 1 aliphatic carbocycles. The number of anilines is 1. The number of allylic oxidation sites excluding steroid dienone is 3. The van der Waals surface area contributed by atoms with Crippen molar-refractivity contribution in [2.45, 2.75) is 32.6 Å². The zero-order valence-electron chi connectivity index (χ0n) is 16.0. The molecule has 29 heavy (non-hydrogen) atoms. The number of carbonyl (C=O) groups is 1. The molecular weight excluding hydrogens is 453 g/mol. The second-order valence-corrected chi connectivity index (χ2v) is 9.83. The zero-order chi connectivity index (χ0) is 20.9. The van der Waals surface area contributed by atoms with Gasteiger partial charge in [0.15, 0.2) is 5.78 Å². The van der Waals surface area contributed by atoms with Crippen LogP contribution in [0.4, 0.5) is 10.1 Å². The number of nitriles is 1. The van der Waals surface area contributed by atoms with E-state index in [9.17, 15) is 14.4 Å². The first-order valence-corrected chi connectivity index (χ1v) is 10.9. The first-order valence-electron chi connectivity index (χ1n) is 9.17. The first-order chi connectivity index (χ1) is 13.7. The summed E-state index contributed by atoms with van der Waals surface area (Å²) in [6, 6.07) is 8.80. The standard InChI is InChI=1S/C22H19BrFN3OS/c1-22(2)8-17-20(18(28)9-22)19(12-5-6-29-11-12)14(10-25)21(26)27(17)16-4-3-13(23)7-15(16)24/h3-7,11,19H,8-9,26H2,1-2H3/t19-/m0/s1. The second kappa shape index (κ2) is 7.12. The van der Waals surface area contributed by atoms with E-state index in [1.54, 1.807) is 17.0 Å². The van der Waals surface area contributed by atoms with Gasteiger partial charge >= 0.3 is 0 Å². The van der Waals surface area contributed by atoms with Crippen molar-refractivity contribution in [1.29, 1.82) is 5.26 Å². The Bertz CT molecular complexity index is 1110. The van der Waals surface area contributed by atoms with Crippen molar-refractivity contribution < 1.29 is 9.18 Å². The lowest BCUT2D eigenvalue weighted by Gasteiger charge is -2.43. The van der Waals surface area contributed by atoms with Gasteiger partial charge in [0.1, 0.15) is 11.6 Å². The quantitative estimate of drug-likeness (QED) is 0.619.